The van der Waals surface area contributed by atoms with Crippen LogP contribution in [-0.2, 0) is 0 Å². The first kappa shape index (κ1) is 21.5. The molecule has 0 saturated carbocycles. The summed E-state index contributed by atoms with van der Waals surface area (Å²) in [6.45, 7) is 14.1. The molecule has 3 nitrogen and oxygen atoms in total. The lowest BCUT2D eigenvalue weighted by Gasteiger charge is -2.42. The van der Waals surface area contributed by atoms with E-state index in [9.17, 15) is 0 Å². The van der Waals surface area contributed by atoms with Gasteiger partial charge >= 0.3 is 0 Å². The fourth-order valence-corrected chi connectivity index (χ4v) is 3.11. The first-order valence-corrected chi connectivity index (χ1v) is 7.70. The molecule has 0 aromatic heterocycles. The Labute approximate surface area is 147 Å². The van der Waals surface area contributed by atoms with E-state index in [1.54, 1.807) is 0 Å². The van der Waals surface area contributed by atoms with Crippen LogP contribution in [0.2, 0.25) is 0 Å². The molecule has 5 heteroatoms. The third kappa shape index (κ3) is 5.62. The minimum Gasteiger partial charge on any atom is -0.494 e. The highest BCUT2D eigenvalue weighted by molar-refractivity contribution is 5.85. The van der Waals surface area contributed by atoms with E-state index in [-0.39, 0.29) is 30.2 Å². The van der Waals surface area contributed by atoms with Crippen molar-refractivity contribution in [3.63, 3.8) is 0 Å². The molecular weight excluding hydrogens is 319 g/mol. The number of nitrogens with one attached hydrogen (secondary N) is 1. The van der Waals surface area contributed by atoms with E-state index in [1.165, 1.54) is 5.56 Å². The maximum absolute atomic E-state index is 5.55. The van der Waals surface area contributed by atoms with Gasteiger partial charge < -0.3 is 10.1 Å². The summed E-state index contributed by atoms with van der Waals surface area (Å²) >= 11 is 0. The zero-order valence-electron chi connectivity index (χ0n) is 14.1. The molecule has 0 radical (unpaired) electrons. The largest absolute Gasteiger partial charge is 0.494 e. The van der Waals surface area contributed by atoms with Gasteiger partial charge in [0.15, 0.2) is 0 Å². The van der Waals surface area contributed by atoms with Crippen LogP contribution in [-0.4, -0.2) is 37.7 Å². The van der Waals surface area contributed by atoms with E-state index < -0.39 is 0 Å². The second kappa shape index (κ2) is 9.61. The quantitative estimate of drug-likeness (QED) is 0.892. The van der Waals surface area contributed by atoms with Crippen LogP contribution in [0.3, 0.4) is 0 Å². The zero-order chi connectivity index (χ0) is 14.6. The van der Waals surface area contributed by atoms with Gasteiger partial charge in [-0.05, 0) is 30.0 Å². The molecule has 1 aromatic carbocycles. The molecule has 0 unspecified atom stereocenters. The normalized spacial score (nSPS) is 17.1. The van der Waals surface area contributed by atoms with Crippen LogP contribution < -0.4 is 10.1 Å². The van der Waals surface area contributed by atoms with Crippen molar-refractivity contribution < 1.29 is 4.74 Å². The van der Waals surface area contributed by atoms with E-state index in [2.05, 4.69) is 55.3 Å². The number of ether oxygens (including phenoxy) is 1. The molecule has 1 aliphatic heterocycles. The Kier molecular flexibility index (Phi) is 9.40. The Hall–Kier alpha value is -0.480. The average Bonchev–Trinajstić information content (AvgIpc) is 2.41. The maximum atomic E-state index is 5.55. The monoisotopic (exact) mass is 348 g/mol. The van der Waals surface area contributed by atoms with Crippen LogP contribution in [0.4, 0.5) is 0 Å². The van der Waals surface area contributed by atoms with Crippen molar-refractivity contribution in [2.45, 2.75) is 33.7 Å². The van der Waals surface area contributed by atoms with Crippen molar-refractivity contribution in [3.05, 3.63) is 29.8 Å². The standard InChI is InChI=1S/C17H28N2O.2ClH/c1-5-20-15-8-6-14(7-9-15)16(17(2,3)4)19-12-10-18-11-13-19;;/h6-9,16,18H,5,10-13H2,1-4H3;2*1H/t16-;;/m0../s1. The Balaban J connectivity index is 0.00000220. The van der Waals surface area contributed by atoms with Gasteiger partial charge in [-0.25, -0.2) is 0 Å². The second-order valence-electron chi connectivity index (χ2n) is 6.56. The van der Waals surface area contributed by atoms with Crippen LogP contribution in [0.15, 0.2) is 24.3 Å². The Morgan fingerprint density at radius 2 is 1.64 bits per heavy atom. The summed E-state index contributed by atoms with van der Waals surface area (Å²) in [7, 11) is 0. The number of hydrogen-bond acceptors (Lipinski definition) is 3. The number of halogens is 2. The molecule has 2 rings (SSSR count). The lowest BCUT2D eigenvalue weighted by Crippen LogP contribution is -2.48. The van der Waals surface area contributed by atoms with Gasteiger partial charge in [0, 0.05) is 32.2 Å². The van der Waals surface area contributed by atoms with Gasteiger partial charge in [-0.2, -0.15) is 0 Å². The molecule has 1 atom stereocenters. The summed E-state index contributed by atoms with van der Waals surface area (Å²) in [5.74, 6) is 0.962. The van der Waals surface area contributed by atoms with Crippen molar-refractivity contribution >= 4 is 24.8 Å². The lowest BCUT2D eigenvalue weighted by atomic mass is 9.81. The van der Waals surface area contributed by atoms with Crippen molar-refractivity contribution in [2.75, 3.05) is 32.8 Å². The van der Waals surface area contributed by atoms with Gasteiger partial charge in [0.25, 0.3) is 0 Å². The van der Waals surface area contributed by atoms with Gasteiger partial charge in [0.2, 0.25) is 0 Å². The SMILES string of the molecule is CCOc1ccc([C@H](N2CCNCC2)C(C)(C)C)cc1.Cl.Cl. The van der Waals surface area contributed by atoms with E-state index >= 15 is 0 Å². The van der Waals surface area contributed by atoms with Crippen LogP contribution >= 0.6 is 24.8 Å². The van der Waals surface area contributed by atoms with Crippen molar-refractivity contribution in [1.29, 1.82) is 0 Å². The summed E-state index contributed by atoms with van der Waals surface area (Å²) in [6.07, 6.45) is 0. The fourth-order valence-electron chi connectivity index (χ4n) is 3.11. The Morgan fingerprint density at radius 3 is 2.09 bits per heavy atom. The van der Waals surface area contributed by atoms with Crippen molar-refractivity contribution in [1.82, 2.24) is 10.2 Å². The first-order valence-electron chi connectivity index (χ1n) is 7.70. The predicted octanol–water partition coefficient (Wildman–Crippen LogP) is 3.92. The van der Waals surface area contributed by atoms with Crippen LogP contribution in [0, 0.1) is 5.41 Å². The van der Waals surface area contributed by atoms with E-state index in [1.807, 2.05) is 6.92 Å². The molecule has 1 aromatic rings. The molecule has 1 fully saturated rings. The number of benzene rings is 1. The smallest absolute Gasteiger partial charge is 0.119 e. The summed E-state index contributed by atoms with van der Waals surface area (Å²) in [5, 5.41) is 3.44. The minimum absolute atomic E-state index is 0. The van der Waals surface area contributed by atoms with E-state index in [0.717, 1.165) is 38.5 Å². The molecule has 0 bridgehead atoms. The molecule has 0 aliphatic carbocycles. The third-order valence-electron chi connectivity index (χ3n) is 3.84. The highest BCUT2D eigenvalue weighted by atomic mass is 35.5. The predicted molar refractivity (Wildman–Crippen MR) is 98.7 cm³/mol. The number of piperazine rings is 1. The Morgan fingerprint density at radius 1 is 1.09 bits per heavy atom. The molecule has 22 heavy (non-hydrogen) atoms. The molecule has 128 valence electrons. The Bertz CT molecular complexity index is 412. The lowest BCUT2D eigenvalue weighted by molar-refractivity contribution is 0.0862. The number of hydrogen-bond donors (Lipinski definition) is 1. The van der Waals surface area contributed by atoms with Gasteiger partial charge in [-0.1, -0.05) is 32.9 Å². The average molecular weight is 349 g/mol. The topological polar surface area (TPSA) is 24.5 Å². The van der Waals surface area contributed by atoms with Gasteiger partial charge in [-0.15, -0.1) is 24.8 Å². The summed E-state index contributed by atoms with van der Waals surface area (Å²) in [6, 6.07) is 9.10. The second-order valence-corrected chi connectivity index (χ2v) is 6.56. The highest BCUT2D eigenvalue weighted by Gasteiger charge is 2.32. The molecule has 1 heterocycles. The maximum Gasteiger partial charge on any atom is 0.119 e. The molecule has 1 N–H and O–H groups in total. The molecular formula is C17H30Cl2N2O. The van der Waals surface area contributed by atoms with Gasteiger partial charge in [0.05, 0.1) is 6.61 Å². The summed E-state index contributed by atoms with van der Waals surface area (Å²) < 4.78 is 5.55. The van der Waals surface area contributed by atoms with Crippen LogP contribution in [0.5, 0.6) is 5.75 Å². The van der Waals surface area contributed by atoms with Crippen LogP contribution in [0.1, 0.15) is 39.3 Å². The van der Waals surface area contributed by atoms with Crippen molar-refractivity contribution in [2.24, 2.45) is 5.41 Å². The molecule has 1 saturated heterocycles. The summed E-state index contributed by atoms with van der Waals surface area (Å²) in [5.41, 5.74) is 1.62. The zero-order valence-corrected chi connectivity index (χ0v) is 15.7. The van der Waals surface area contributed by atoms with Crippen molar-refractivity contribution in [3.8, 4) is 5.75 Å². The highest BCUT2D eigenvalue weighted by Crippen LogP contribution is 2.38. The molecule has 0 spiro atoms. The number of nitrogens with zero attached hydrogens (tertiary/aromatic N) is 1. The molecule has 0 amide bonds. The van der Waals surface area contributed by atoms with Gasteiger partial charge in [-0.3, -0.25) is 4.90 Å². The third-order valence-corrected chi connectivity index (χ3v) is 3.84. The summed E-state index contributed by atoms with van der Waals surface area (Å²) in [4.78, 5) is 2.60. The molecule has 1 aliphatic rings. The van der Waals surface area contributed by atoms with E-state index in [0.29, 0.717) is 6.04 Å². The number of rotatable bonds is 4. The van der Waals surface area contributed by atoms with E-state index in [4.69, 9.17) is 4.74 Å². The first-order chi connectivity index (χ1) is 9.52. The fraction of sp³-hybridized carbons (Fsp3) is 0.647. The minimum atomic E-state index is 0. The van der Waals surface area contributed by atoms with Crippen LogP contribution in [0.25, 0.3) is 0 Å². The van der Waals surface area contributed by atoms with Gasteiger partial charge in [0.1, 0.15) is 5.75 Å².